The molecule has 2 fully saturated rings. The Morgan fingerprint density at radius 2 is 2.17 bits per heavy atom. The number of aromatic nitrogens is 1. The standard InChI is InChI=1S/C22H27FN4O2S/c23-12-8-9-15-14(10-12)13-4-3-5-16(20(13)25-15)24-19(28)7-2-1-6-18-21-17(11-30-18)26-22(29)27-21/h8-10,16-18,21,25H,1-7,11H2,(H,24,28)(H2,26,27,29)/t16-,17+,18-,21+/m1/s1. The van der Waals surface area contributed by atoms with Gasteiger partial charge in [0.15, 0.2) is 0 Å². The average molecular weight is 431 g/mol. The number of aromatic amines is 1. The van der Waals surface area contributed by atoms with Gasteiger partial charge in [0.1, 0.15) is 5.82 Å². The zero-order chi connectivity index (χ0) is 20.7. The van der Waals surface area contributed by atoms with Gasteiger partial charge in [0, 0.05) is 34.0 Å². The molecule has 4 atom stereocenters. The number of amides is 3. The lowest BCUT2D eigenvalue weighted by molar-refractivity contribution is -0.122. The number of aryl methyl sites for hydroxylation is 1. The molecule has 2 aromatic rings. The number of thioether (sulfide) groups is 1. The molecule has 160 valence electrons. The first-order valence-electron chi connectivity index (χ1n) is 10.9. The van der Waals surface area contributed by atoms with Crippen molar-refractivity contribution < 1.29 is 14.0 Å². The summed E-state index contributed by atoms with van der Waals surface area (Å²) in [6.45, 7) is 0. The molecule has 8 heteroatoms. The van der Waals surface area contributed by atoms with Crippen LogP contribution in [0.3, 0.4) is 0 Å². The maximum Gasteiger partial charge on any atom is 0.315 e. The van der Waals surface area contributed by atoms with Gasteiger partial charge in [-0.15, -0.1) is 0 Å². The van der Waals surface area contributed by atoms with Crippen LogP contribution in [0.5, 0.6) is 0 Å². The highest BCUT2D eigenvalue weighted by atomic mass is 32.2. The summed E-state index contributed by atoms with van der Waals surface area (Å²) >= 11 is 1.91. The van der Waals surface area contributed by atoms with E-state index < -0.39 is 0 Å². The van der Waals surface area contributed by atoms with Gasteiger partial charge in [0.05, 0.1) is 18.1 Å². The molecule has 2 aliphatic heterocycles. The van der Waals surface area contributed by atoms with Gasteiger partial charge in [-0.25, -0.2) is 9.18 Å². The topological polar surface area (TPSA) is 86.0 Å². The number of nitrogens with one attached hydrogen (secondary N) is 4. The lowest BCUT2D eigenvalue weighted by Crippen LogP contribution is -2.36. The maximum atomic E-state index is 13.7. The van der Waals surface area contributed by atoms with Gasteiger partial charge < -0.3 is 20.9 Å². The largest absolute Gasteiger partial charge is 0.356 e. The third-order valence-corrected chi connectivity index (χ3v) is 8.09. The molecule has 3 heterocycles. The van der Waals surface area contributed by atoms with Crippen LogP contribution in [0.1, 0.15) is 55.8 Å². The summed E-state index contributed by atoms with van der Waals surface area (Å²) in [5.74, 6) is 0.813. The van der Waals surface area contributed by atoms with Crippen molar-refractivity contribution >= 4 is 34.6 Å². The predicted octanol–water partition coefficient (Wildman–Crippen LogP) is 3.53. The number of hydrogen-bond donors (Lipinski definition) is 4. The van der Waals surface area contributed by atoms with Crippen LogP contribution in [0.4, 0.5) is 9.18 Å². The van der Waals surface area contributed by atoms with E-state index >= 15 is 0 Å². The quantitative estimate of drug-likeness (QED) is 0.418. The van der Waals surface area contributed by atoms with E-state index in [-0.39, 0.29) is 35.9 Å². The number of H-pyrrole nitrogens is 1. The Kier molecular flexibility index (Phi) is 5.35. The summed E-state index contributed by atoms with van der Waals surface area (Å²) in [5, 5.41) is 10.5. The van der Waals surface area contributed by atoms with Gasteiger partial charge in [0.2, 0.25) is 5.91 Å². The number of urea groups is 1. The van der Waals surface area contributed by atoms with Gasteiger partial charge in [0.25, 0.3) is 0 Å². The van der Waals surface area contributed by atoms with Gasteiger partial charge >= 0.3 is 6.03 Å². The Morgan fingerprint density at radius 3 is 3.07 bits per heavy atom. The molecule has 1 aromatic heterocycles. The molecule has 0 unspecified atom stereocenters. The number of unbranched alkanes of at least 4 members (excludes halogenated alkanes) is 1. The highest BCUT2D eigenvalue weighted by Crippen LogP contribution is 2.35. The number of rotatable bonds is 6. The van der Waals surface area contributed by atoms with Crippen LogP contribution >= 0.6 is 11.8 Å². The fourth-order valence-electron chi connectivity index (χ4n) is 5.12. The van der Waals surface area contributed by atoms with Crippen LogP contribution in [-0.4, -0.2) is 40.0 Å². The maximum absolute atomic E-state index is 13.7. The van der Waals surface area contributed by atoms with Crippen molar-refractivity contribution in [2.75, 3.05) is 5.75 Å². The van der Waals surface area contributed by atoms with Crippen molar-refractivity contribution in [3.8, 4) is 0 Å². The molecule has 0 spiro atoms. The van der Waals surface area contributed by atoms with Crippen molar-refractivity contribution in [1.82, 2.24) is 20.9 Å². The molecule has 5 rings (SSSR count). The predicted molar refractivity (Wildman–Crippen MR) is 116 cm³/mol. The second-order valence-electron chi connectivity index (χ2n) is 8.59. The number of benzene rings is 1. The van der Waals surface area contributed by atoms with E-state index in [9.17, 15) is 14.0 Å². The molecule has 1 aliphatic carbocycles. The van der Waals surface area contributed by atoms with Crippen LogP contribution in [0.25, 0.3) is 10.9 Å². The monoisotopic (exact) mass is 430 g/mol. The Morgan fingerprint density at radius 1 is 1.27 bits per heavy atom. The third kappa shape index (κ3) is 3.77. The van der Waals surface area contributed by atoms with Crippen molar-refractivity contribution in [2.24, 2.45) is 0 Å². The average Bonchev–Trinajstić information content (AvgIpc) is 3.38. The third-order valence-electron chi connectivity index (χ3n) is 6.59. The number of fused-ring (bicyclic) bond motifs is 4. The Labute approximate surface area is 179 Å². The number of carbonyl (C=O) groups is 2. The minimum atomic E-state index is -0.227. The van der Waals surface area contributed by atoms with E-state index in [1.807, 2.05) is 11.8 Å². The van der Waals surface area contributed by atoms with E-state index in [2.05, 4.69) is 20.9 Å². The Balaban J connectivity index is 1.13. The van der Waals surface area contributed by atoms with E-state index in [4.69, 9.17) is 0 Å². The van der Waals surface area contributed by atoms with E-state index in [1.165, 1.54) is 6.07 Å². The van der Waals surface area contributed by atoms with E-state index in [0.717, 1.165) is 66.4 Å². The molecule has 2 saturated heterocycles. The number of carbonyl (C=O) groups excluding carboxylic acids is 2. The van der Waals surface area contributed by atoms with Gasteiger partial charge in [-0.3, -0.25) is 4.79 Å². The molecule has 0 radical (unpaired) electrons. The first-order chi connectivity index (χ1) is 14.6. The molecule has 4 N–H and O–H groups in total. The summed E-state index contributed by atoms with van der Waals surface area (Å²) in [5.41, 5.74) is 3.11. The molecule has 1 aromatic carbocycles. The van der Waals surface area contributed by atoms with Gasteiger partial charge in [-0.2, -0.15) is 11.8 Å². The van der Waals surface area contributed by atoms with Crippen LogP contribution in [0, 0.1) is 5.82 Å². The summed E-state index contributed by atoms with van der Waals surface area (Å²) in [7, 11) is 0. The van der Waals surface area contributed by atoms with E-state index in [0.29, 0.717) is 11.7 Å². The smallest absolute Gasteiger partial charge is 0.315 e. The lowest BCUT2D eigenvalue weighted by Gasteiger charge is -2.24. The van der Waals surface area contributed by atoms with Crippen LogP contribution in [0.2, 0.25) is 0 Å². The SMILES string of the molecule is O=C(CCCC[C@H]1SC[C@@H]2NC(=O)N[C@@H]21)N[C@@H]1CCCc2c1[nH]c1ccc(F)cc21. The molecule has 6 nitrogen and oxygen atoms in total. The first-order valence-corrected chi connectivity index (χ1v) is 11.9. The van der Waals surface area contributed by atoms with Crippen LogP contribution in [0.15, 0.2) is 18.2 Å². The Hall–Kier alpha value is -2.22. The highest BCUT2D eigenvalue weighted by Gasteiger charge is 2.42. The lowest BCUT2D eigenvalue weighted by atomic mass is 9.91. The molecular weight excluding hydrogens is 403 g/mol. The number of halogens is 1. The molecular formula is C22H27FN4O2S. The summed E-state index contributed by atoms with van der Waals surface area (Å²) < 4.78 is 13.7. The normalized spacial score (nSPS) is 27.4. The van der Waals surface area contributed by atoms with Crippen molar-refractivity contribution in [3.63, 3.8) is 0 Å². The summed E-state index contributed by atoms with van der Waals surface area (Å²) in [6.07, 6.45) is 6.16. The molecule has 0 saturated carbocycles. The summed E-state index contributed by atoms with van der Waals surface area (Å²) in [6, 6.07) is 5.22. The second kappa shape index (κ2) is 8.13. The van der Waals surface area contributed by atoms with E-state index in [1.54, 1.807) is 12.1 Å². The molecule has 3 aliphatic rings. The fourth-order valence-corrected chi connectivity index (χ4v) is 6.66. The second-order valence-corrected chi connectivity index (χ2v) is 9.86. The highest BCUT2D eigenvalue weighted by molar-refractivity contribution is 8.00. The van der Waals surface area contributed by atoms with Crippen molar-refractivity contribution in [3.05, 3.63) is 35.3 Å². The molecule has 0 bridgehead atoms. The first kappa shape index (κ1) is 19.7. The van der Waals surface area contributed by atoms with Crippen LogP contribution < -0.4 is 16.0 Å². The van der Waals surface area contributed by atoms with Gasteiger partial charge in [-0.05, 0) is 55.9 Å². The zero-order valence-electron chi connectivity index (χ0n) is 16.8. The minimum Gasteiger partial charge on any atom is -0.356 e. The molecule has 30 heavy (non-hydrogen) atoms. The zero-order valence-corrected chi connectivity index (χ0v) is 17.6. The summed E-state index contributed by atoms with van der Waals surface area (Å²) in [4.78, 5) is 27.4. The fraction of sp³-hybridized carbons (Fsp3) is 0.545. The van der Waals surface area contributed by atoms with Crippen molar-refractivity contribution in [2.45, 2.75) is 68.3 Å². The van der Waals surface area contributed by atoms with Crippen molar-refractivity contribution in [1.29, 1.82) is 0 Å². The minimum absolute atomic E-state index is 0.0253. The molecule has 3 amide bonds. The number of hydrogen-bond acceptors (Lipinski definition) is 3. The Bertz CT molecular complexity index is 977. The van der Waals surface area contributed by atoms with Crippen LogP contribution in [-0.2, 0) is 11.2 Å². The van der Waals surface area contributed by atoms with Gasteiger partial charge in [-0.1, -0.05) is 6.42 Å².